The number of amides is 1. The predicted octanol–water partition coefficient (Wildman–Crippen LogP) is 5.92. The van der Waals surface area contributed by atoms with Crippen molar-refractivity contribution in [2.45, 2.75) is 22.0 Å². The van der Waals surface area contributed by atoms with Gasteiger partial charge in [0.25, 0.3) is 10.0 Å². The van der Waals surface area contributed by atoms with Crippen LogP contribution >= 0.6 is 35.0 Å². The molecule has 3 aromatic carbocycles. The minimum atomic E-state index is -3.86. The highest BCUT2D eigenvalue weighted by atomic mass is 35.5. The Bertz CT molecular complexity index is 1200. The van der Waals surface area contributed by atoms with Crippen LogP contribution in [0.3, 0.4) is 0 Å². The second-order valence-electron chi connectivity index (χ2n) is 6.68. The summed E-state index contributed by atoms with van der Waals surface area (Å²) >= 11 is 13.3. The molecule has 0 heterocycles. The fourth-order valence-corrected chi connectivity index (χ4v) is 5.11. The van der Waals surface area contributed by atoms with E-state index in [1.807, 2.05) is 24.3 Å². The molecular weight excluding hydrogens is 491 g/mol. The Morgan fingerprint density at radius 3 is 2.25 bits per heavy atom. The maximum absolute atomic E-state index is 12.6. The molecule has 1 atom stereocenters. The monoisotopic (exact) mass is 510 g/mol. The molecule has 0 aromatic heterocycles. The summed E-state index contributed by atoms with van der Waals surface area (Å²) in [4.78, 5) is 13.5. The molecule has 2 N–H and O–H groups in total. The van der Waals surface area contributed by atoms with Gasteiger partial charge in [0.2, 0.25) is 5.91 Å². The summed E-state index contributed by atoms with van der Waals surface area (Å²) in [6.07, 6.45) is 0. The summed E-state index contributed by atoms with van der Waals surface area (Å²) in [5.41, 5.74) is 0.707. The third kappa shape index (κ3) is 6.32. The van der Waals surface area contributed by atoms with Crippen LogP contribution in [0.15, 0.2) is 76.5 Å². The molecule has 0 aliphatic heterocycles. The van der Waals surface area contributed by atoms with Crippen LogP contribution in [0, 0.1) is 0 Å². The molecule has 0 radical (unpaired) electrons. The fourth-order valence-electron chi connectivity index (χ4n) is 2.65. The van der Waals surface area contributed by atoms with Gasteiger partial charge in [0.1, 0.15) is 5.75 Å². The van der Waals surface area contributed by atoms with Crippen molar-refractivity contribution in [3.8, 4) is 5.75 Å². The van der Waals surface area contributed by atoms with Crippen LogP contribution in [0.2, 0.25) is 10.0 Å². The van der Waals surface area contributed by atoms with Crippen molar-refractivity contribution < 1.29 is 17.9 Å². The average Bonchev–Trinajstić information content (AvgIpc) is 2.76. The van der Waals surface area contributed by atoms with Crippen molar-refractivity contribution in [1.29, 1.82) is 0 Å². The van der Waals surface area contributed by atoms with Crippen LogP contribution in [-0.2, 0) is 14.8 Å². The Hall–Kier alpha value is -2.39. The van der Waals surface area contributed by atoms with Gasteiger partial charge in [-0.15, -0.1) is 11.8 Å². The van der Waals surface area contributed by atoms with E-state index in [1.165, 1.54) is 54.2 Å². The number of hydrogen-bond acceptors (Lipinski definition) is 5. The lowest BCUT2D eigenvalue weighted by Crippen LogP contribution is -2.22. The topological polar surface area (TPSA) is 84.5 Å². The Morgan fingerprint density at radius 2 is 1.66 bits per heavy atom. The molecule has 6 nitrogen and oxygen atoms in total. The molecule has 0 unspecified atom stereocenters. The molecule has 10 heteroatoms. The van der Waals surface area contributed by atoms with Crippen molar-refractivity contribution >= 4 is 62.3 Å². The summed E-state index contributed by atoms with van der Waals surface area (Å²) in [5.74, 6) is 0.543. The molecule has 1 amide bonds. The van der Waals surface area contributed by atoms with Crippen LogP contribution in [0.4, 0.5) is 11.4 Å². The molecule has 0 aliphatic rings. The Morgan fingerprint density at radius 1 is 1.00 bits per heavy atom. The zero-order chi connectivity index (χ0) is 23.3. The minimum Gasteiger partial charge on any atom is -0.497 e. The van der Waals surface area contributed by atoms with E-state index in [0.29, 0.717) is 10.7 Å². The van der Waals surface area contributed by atoms with Crippen molar-refractivity contribution in [2.75, 3.05) is 17.1 Å². The number of ether oxygens (including phenoxy) is 1. The maximum Gasteiger partial charge on any atom is 0.261 e. The van der Waals surface area contributed by atoms with E-state index in [2.05, 4.69) is 10.0 Å². The Labute approximate surface area is 201 Å². The normalized spacial score (nSPS) is 12.1. The van der Waals surface area contributed by atoms with Gasteiger partial charge < -0.3 is 10.1 Å². The van der Waals surface area contributed by atoms with Gasteiger partial charge >= 0.3 is 0 Å². The number of anilines is 2. The van der Waals surface area contributed by atoms with Gasteiger partial charge in [0.15, 0.2) is 0 Å². The summed E-state index contributed by atoms with van der Waals surface area (Å²) < 4.78 is 32.8. The van der Waals surface area contributed by atoms with Gasteiger partial charge in [-0.1, -0.05) is 23.2 Å². The molecule has 0 bridgehead atoms. The molecule has 0 saturated carbocycles. The lowest BCUT2D eigenvalue weighted by Gasteiger charge is -2.13. The van der Waals surface area contributed by atoms with Gasteiger partial charge in [0.05, 0.1) is 28.0 Å². The van der Waals surface area contributed by atoms with E-state index in [0.717, 1.165) is 10.6 Å². The van der Waals surface area contributed by atoms with Gasteiger partial charge in [-0.2, -0.15) is 0 Å². The Balaban J connectivity index is 1.63. The van der Waals surface area contributed by atoms with Crippen molar-refractivity contribution in [2.24, 2.45) is 0 Å². The lowest BCUT2D eigenvalue weighted by atomic mass is 10.3. The summed E-state index contributed by atoms with van der Waals surface area (Å²) in [7, 11) is -2.27. The van der Waals surface area contributed by atoms with Crippen LogP contribution in [0.25, 0.3) is 0 Å². The van der Waals surface area contributed by atoms with Crippen molar-refractivity contribution in [3.05, 3.63) is 76.8 Å². The van der Waals surface area contributed by atoms with E-state index >= 15 is 0 Å². The highest BCUT2D eigenvalue weighted by Gasteiger charge is 2.18. The second-order valence-corrected chi connectivity index (χ2v) is 10.6. The summed E-state index contributed by atoms with van der Waals surface area (Å²) in [5, 5.41) is 3.02. The fraction of sp³-hybridized carbons (Fsp3) is 0.136. The molecule has 3 aromatic rings. The largest absolute Gasteiger partial charge is 0.497 e. The highest BCUT2D eigenvalue weighted by Crippen LogP contribution is 2.29. The zero-order valence-electron chi connectivity index (χ0n) is 17.1. The average molecular weight is 511 g/mol. The van der Waals surface area contributed by atoms with Crippen LogP contribution in [0.5, 0.6) is 5.75 Å². The summed E-state index contributed by atoms with van der Waals surface area (Å²) in [6.45, 7) is 1.79. The van der Waals surface area contributed by atoms with E-state index < -0.39 is 10.0 Å². The first-order chi connectivity index (χ1) is 15.2. The van der Waals surface area contributed by atoms with Crippen molar-refractivity contribution in [1.82, 2.24) is 0 Å². The molecule has 168 valence electrons. The van der Waals surface area contributed by atoms with Gasteiger partial charge in [0, 0.05) is 15.6 Å². The molecule has 0 fully saturated rings. The highest BCUT2D eigenvalue weighted by molar-refractivity contribution is 8.00. The Kier molecular flexibility index (Phi) is 7.95. The molecule has 0 saturated heterocycles. The smallest absolute Gasteiger partial charge is 0.261 e. The van der Waals surface area contributed by atoms with E-state index in [4.69, 9.17) is 27.9 Å². The lowest BCUT2D eigenvalue weighted by molar-refractivity contribution is -0.115. The van der Waals surface area contributed by atoms with E-state index in [9.17, 15) is 13.2 Å². The van der Waals surface area contributed by atoms with Gasteiger partial charge in [-0.05, 0) is 73.7 Å². The predicted molar refractivity (Wildman–Crippen MR) is 131 cm³/mol. The molecule has 32 heavy (non-hydrogen) atoms. The van der Waals surface area contributed by atoms with Crippen LogP contribution in [0.1, 0.15) is 6.92 Å². The summed E-state index contributed by atoms with van der Waals surface area (Å²) in [6, 6.07) is 17.8. The van der Waals surface area contributed by atoms with E-state index in [1.54, 1.807) is 14.0 Å². The van der Waals surface area contributed by atoms with Gasteiger partial charge in [-0.3, -0.25) is 9.52 Å². The molecule has 0 spiro atoms. The standard InChI is InChI=1S/C22H20Cl2N2O4S2/c1-14(31-18-8-6-17(30-2)7-9-18)22(27)25-16-4-10-19(11-5-16)32(28,29)26-21-12-3-15(23)13-20(21)24/h3-14,26H,1-2H3,(H,25,27)/t14-/m1/s1. The number of sulfonamides is 1. The number of halogens is 2. The number of carbonyl (C=O) groups is 1. The van der Waals surface area contributed by atoms with Crippen molar-refractivity contribution in [3.63, 3.8) is 0 Å². The number of methoxy groups -OCH3 is 1. The SMILES string of the molecule is COc1ccc(S[C@H](C)C(=O)Nc2ccc(S(=O)(=O)Nc3ccc(Cl)cc3Cl)cc2)cc1. The quantitative estimate of drug-likeness (QED) is 0.367. The molecular formula is C22H20Cl2N2O4S2. The number of thioether (sulfide) groups is 1. The minimum absolute atomic E-state index is 0.0298. The first-order valence-electron chi connectivity index (χ1n) is 9.37. The number of hydrogen-bond donors (Lipinski definition) is 2. The first kappa shape index (κ1) is 24.3. The zero-order valence-corrected chi connectivity index (χ0v) is 20.3. The van der Waals surface area contributed by atoms with Crippen LogP contribution < -0.4 is 14.8 Å². The maximum atomic E-state index is 12.6. The van der Waals surface area contributed by atoms with E-state index in [-0.39, 0.29) is 26.8 Å². The molecule has 0 aliphatic carbocycles. The number of rotatable bonds is 8. The second kappa shape index (κ2) is 10.5. The third-order valence-electron chi connectivity index (χ3n) is 4.35. The number of benzene rings is 3. The third-order valence-corrected chi connectivity index (χ3v) is 7.39. The van der Waals surface area contributed by atoms with Crippen LogP contribution in [-0.4, -0.2) is 26.7 Å². The first-order valence-corrected chi connectivity index (χ1v) is 12.5. The number of carbonyl (C=O) groups excluding carboxylic acids is 1. The number of nitrogens with one attached hydrogen (secondary N) is 2. The molecule has 3 rings (SSSR count). The van der Waals surface area contributed by atoms with Gasteiger partial charge in [-0.25, -0.2) is 8.42 Å².